The van der Waals surface area contributed by atoms with Gasteiger partial charge in [-0.3, -0.25) is 9.59 Å². The predicted octanol–water partition coefficient (Wildman–Crippen LogP) is 1.02. The number of ether oxygens (including phenoxy) is 2. The lowest BCUT2D eigenvalue weighted by molar-refractivity contribution is -0.146. The molecule has 0 atom stereocenters. The van der Waals surface area contributed by atoms with Crippen LogP contribution < -0.4 is 0 Å². The summed E-state index contributed by atoms with van der Waals surface area (Å²) < 4.78 is 9.42. The third-order valence-corrected chi connectivity index (χ3v) is 1.62. The van der Waals surface area contributed by atoms with Gasteiger partial charge in [-0.2, -0.15) is 0 Å². The maximum atomic E-state index is 11.1. The van der Waals surface area contributed by atoms with E-state index in [0.29, 0.717) is 0 Å². The molecule has 0 aliphatic heterocycles. The summed E-state index contributed by atoms with van der Waals surface area (Å²) in [5, 5.41) is 0. The SMILES string of the molecule is C=C(CCOC(=O)CC(C)=O)C(=O)OCC. The number of esters is 2. The third kappa shape index (κ3) is 6.75. The lowest BCUT2D eigenvalue weighted by Crippen LogP contribution is -2.13. The normalized spacial score (nSPS) is 9.38. The first-order chi connectivity index (χ1) is 7.47. The standard InChI is InChI=1S/C11H16O5/c1-4-15-11(14)8(2)5-6-16-10(13)7-9(3)12/h2,4-7H2,1,3H3. The van der Waals surface area contributed by atoms with Gasteiger partial charge in [0, 0.05) is 12.0 Å². The summed E-state index contributed by atoms with van der Waals surface area (Å²) in [7, 11) is 0. The summed E-state index contributed by atoms with van der Waals surface area (Å²) in [6.45, 7) is 6.81. The van der Waals surface area contributed by atoms with Crippen molar-refractivity contribution in [2.75, 3.05) is 13.2 Å². The summed E-state index contributed by atoms with van der Waals surface area (Å²) in [6.07, 6.45) is -0.0334. The van der Waals surface area contributed by atoms with Crippen molar-refractivity contribution in [1.29, 1.82) is 0 Å². The molecule has 5 heteroatoms. The van der Waals surface area contributed by atoms with Gasteiger partial charge in [0.1, 0.15) is 12.2 Å². The van der Waals surface area contributed by atoms with E-state index in [4.69, 9.17) is 9.47 Å². The van der Waals surface area contributed by atoms with Crippen molar-refractivity contribution in [3.63, 3.8) is 0 Å². The van der Waals surface area contributed by atoms with Crippen molar-refractivity contribution < 1.29 is 23.9 Å². The van der Waals surface area contributed by atoms with Crippen molar-refractivity contribution >= 4 is 17.7 Å². The van der Waals surface area contributed by atoms with Crippen LogP contribution in [0.3, 0.4) is 0 Å². The molecule has 0 rings (SSSR count). The molecule has 0 radical (unpaired) electrons. The topological polar surface area (TPSA) is 69.7 Å². The van der Waals surface area contributed by atoms with E-state index >= 15 is 0 Å². The van der Waals surface area contributed by atoms with Crippen LogP contribution in [-0.4, -0.2) is 30.9 Å². The largest absolute Gasteiger partial charge is 0.465 e. The molecule has 0 N–H and O–H groups in total. The maximum absolute atomic E-state index is 11.1. The highest BCUT2D eigenvalue weighted by molar-refractivity contribution is 5.94. The summed E-state index contributed by atoms with van der Waals surface area (Å²) in [5.74, 6) is -1.34. The molecular weight excluding hydrogens is 212 g/mol. The minimum atomic E-state index is -0.593. The Balaban J connectivity index is 3.73. The molecular formula is C11H16O5. The molecule has 0 saturated heterocycles. The lowest BCUT2D eigenvalue weighted by Gasteiger charge is -2.05. The van der Waals surface area contributed by atoms with Crippen LogP contribution in [0.25, 0.3) is 0 Å². The van der Waals surface area contributed by atoms with Crippen molar-refractivity contribution in [1.82, 2.24) is 0 Å². The van der Waals surface area contributed by atoms with Crippen LogP contribution in [0.5, 0.6) is 0 Å². The number of rotatable bonds is 7. The van der Waals surface area contributed by atoms with Gasteiger partial charge in [0.2, 0.25) is 0 Å². The summed E-state index contributed by atoms with van der Waals surface area (Å²) in [5.41, 5.74) is 0.248. The number of carbonyl (C=O) groups is 3. The van der Waals surface area contributed by atoms with E-state index in [1.54, 1.807) is 6.92 Å². The van der Waals surface area contributed by atoms with E-state index in [9.17, 15) is 14.4 Å². The molecule has 0 heterocycles. The Labute approximate surface area is 94.4 Å². The Morgan fingerprint density at radius 2 is 1.81 bits per heavy atom. The second-order valence-electron chi connectivity index (χ2n) is 3.17. The van der Waals surface area contributed by atoms with Gasteiger partial charge in [-0.05, 0) is 13.8 Å². The molecule has 0 amide bonds. The molecule has 90 valence electrons. The second kappa shape index (κ2) is 7.62. The fourth-order valence-electron chi connectivity index (χ4n) is 0.878. The lowest BCUT2D eigenvalue weighted by atomic mass is 10.2. The van der Waals surface area contributed by atoms with Crippen molar-refractivity contribution in [3.05, 3.63) is 12.2 Å². The smallest absolute Gasteiger partial charge is 0.333 e. The second-order valence-corrected chi connectivity index (χ2v) is 3.17. The number of Topliss-reactive ketones (excluding diaryl/α,β-unsaturated/α-hetero) is 1. The fraction of sp³-hybridized carbons (Fsp3) is 0.545. The monoisotopic (exact) mass is 228 g/mol. The molecule has 5 nitrogen and oxygen atoms in total. The number of ketones is 1. The minimum Gasteiger partial charge on any atom is -0.465 e. The molecule has 0 saturated carbocycles. The number of hydrogen-bond donors (Lipinski definition) is 0. The van der Waals surface area contributed by atoms with Gasteiger partial charge in [-0.15, -0.1) is 0 Å². The zero-order valence-corrected chi connectivity index (χ0v) is 9.58. The molecule has 0 aromatic rings. The summed E-state index contributed by atoms with van der Waals surface area (Å²) in [4.78, 5) is 32.6. The summed E-state index contributed by atoms with van der Waals surface area (Å²) >= 11 is 0. The summed E-state index contributed by atoms with van der Waals surface area (Å²) in [6, 6.07) is 0. The fourth-order valence-corrected chi connectivity index (χ4v) is 0.878. The van der Waals surface area contributed by atoms with Crippen LogP contribution in [0, 0.1) is 0 Å². The van der Waals surface area contributed by atoms with Crippen molar-refractivity contribution in [3.8, 4) is 0 Å². The van der Waals surface area contributed by atoms with E-state index < -0.39 is 11.9 Å². The Kier molecular flexibility index (Phi) is 6.83. The molecule has 0 aliphatic rings. The van der Waals surface area contributed by atoms with E-state index in [1.807, 2.05) is 0 Å². The molecule has 0 spiro atoms. The Bertz CT molecular complexity index is 293. The first-order valence-corrected chi connectivity index (χ1v) is 4.97. The first kappa shape index (κ1) is 14.3. The zero-order chi connectivity index (χ0) is 12.6. The molecule has 16 heavy (non-hydrogen) atoms. The Morgan fingerprint density at radius 3 is 2.31 bits per heavy atom. The molecule has 0 aromatic heterocycles. The predicted molar refractivity (Wildman–Crippen MR) is 56.6 cm³/mol. The molecule has 0 unspecified atom stereocenters. The van der Waals surface area contributed by atoms with Crippen molar-refractivity contribution in [2.24, 2.45) is 0 Å². The van der Waals surface area contributed by atoms with Gasteiger partial charge in [0.25, 0.3) is 0 Å². The van der Waals surface area contributed by atoms with Crippen LogP contribution in [-0.2, 0) is 23.9 Å². The van der Waals surface area contributed by atoms with E-state index in [0.717, 1.165) is 0 Å². The van der Waals surface area contributed by atoms with Gasteiger partial charge < -0.3 is 9.47 Å². The first-order valence-electron chi connectivity index (χ1n) is 4.97. The van der Waals surface area contributed by atoms with Gasteiger partial charge in [0.05, 0.1) is 13.2 Å². The third-order valence-electron chi connectivity index (χ3n) is 1.62. The highest BCUT2D eigenvalue weighted by Gasteiger charge is 2.10. The zero-order valence-electron chi connectivity index (χ0n) is 9.58. The van der Waals surface area contributed by atoms with Crippen LogP contribution in [0.2, 0.25) is 0 Å². The number of hydrogen-bond acceptors (Lipinski definition) is 5. The van der Waals surface area contributed by atoms with Crippen molar-refractivity contribution in [2.45, 2.75) is 26.7 Å². The van der Waals surface area contributed by atoms with E-state index in [-0.39, 0.29) is 37.4 Å². The minimum absolute atomic E-state index is 0.0315. The van der Waals surface area contributed by atoms with Crippen LogP contribution in [0.1, 0.15) is 26.7 Å². The highest BCUT2D eigenvalue weighted by atomic mass is 16.5. The number of carbonyl (C=O) groups excluding carboxylic acids is 3. The van der Waals surface area contributed by atoms with Gasteiger partial charge in [0.15, 0.2) is 0 Å². The van der Waals surface area contributed by atoms with Crippen LogP contribution in [0.4, 0.5) is 0 Å². The Hall–Kier alpha value is -1.65. The average molecular weight is 228 g/mol. The van der Waals surface area contributed by atoms with Gasteiger partial charge >= 0.3 is 11.9 Å². The maximum Gasteiger partial charge on any atom is 0.333 e. The molecule has 0 aliphatic carbocycles. The van der Waals surface area contributed by atoms with Gasteiger partial charge in [-0.25, -0.2) is 4.79 Å². The van der Waals surface area contributed by atoms with Gasteiger partial charge in [-0.1, -0.05) is 6.58 Å². The Morgan fingerprint density at radius 1 is 1.19 bits per heavy atom. The van der Waals surface area contributed by atoms with Crippen LogP contribution in [0.15, 0.2) is 12.2 Å². The molecule has 0 bridgehead atoms. The van der Waals surface area contributed by atoms with E-state index in [1.165, 1.54) is 6.92 Å². The van der Waals surface area contributed by atoms with Crippen LogP contribution >= 0.6 is 0 Å². The quantitative estimate of drug-likeness (QED) is 0.369. The molecule has 0 aromatic carbocycles. The average Bonchev–Trinajstić information content (AvgIpc) is 2.16. The molecule has 0 fully saturated rings. The van der Waals surface area contributed by atoms with E-state index in [2.05, 4.69) is 6.58 Å². The highest BCUT2D eigenvalue weighted by Crippen LogP contribution is 2.02.